The van der Waals surface area contributed by atoms with Gasteiger partial charge in [-0.15, -0.1) is 0 Å². The fourth-order valence-electron chi connectivity index (χ4n) is 3.02. The van der Waals surface area contributed by atoms with Crippen LogP contribution in [0.15, 0.2) is 0 Å². The second-order valence-corrected chi connectivity index (χ2v) is 9.70. The standard InChI is InChI=1S/C23H45N4O4P.CH4O/c1-7-9-11-14-23(29)26-18-21(17-25-22(28)13-10-8-2)31-32(30-16-12-15-24)27(19(3)4)20(5)6;1-2/h19-21H,7-14,16-18H2,1-6H3,(H,25,28)(H,26,29);2H,1H3/i2D;2T. The van der Waals surface area contributed by atoms with Crippen LogP contribution >= 0.6 is 8.53 Å². The van der Waals surface area contributed by atoms with E-state index in [1.807, 2.05) is 0 Å². The number of hydrogen-bond acceptors (Lipinski definition) is 7. The van der Waals surface area contributed by atoms with Crippen molar-refractivity contribution in [1.82, 2.24) is 15.3 Å². The van der Waals surface area contributed by atoms with Crippen LogP contribution in [0.25, 0.3) is 0 Å². The number of rotatable bonds is 19. The van der Waals surface area contributed by atoms with Gasteiger partial charge in [-0.1, -0.05) is 33.1 Å². The van der Waals surface area contributed by atoms with E-state index in [2.05, 4.69) is 61.1 Å². The molecule has 3 N–H and O–H groups in total. The number of aliphatic hydroxyl groups is 1. The number of nitrogens with zero attached hydrogens (tertiary/aromatic N) is 2. The lowest BCUT2D eigenvalue weighted by Gasteiger charge is -2.37. The normalized spacial score (nSPS) is 13.4. The lowest BCUT2D eigenvalue weighted by atomic mass is 10.2. The Labute approximate surface area is 211 Å². The number of hydrogen-bond donors (Lipinski definition) is 3. The predicted molar refractivity (Wildman–Crippen MR) is 138 cm³/mol. The van der Waals surface area contributed by atoms with Crippen molar-refractivity contribution >= 4 is 20.3 Å². The van der Waals surface area contributed by atoms with Gasteiger partial charge >= 0.3 is 0 Å². The maximum absolute atomic E-state index is 12.2. The zero-order chi connectivity index (χ0) is 27.8. The number of nitriles is 1. The third-order valence-corrected chi connectivity index (χ3v) is 6.80. The van der Waals surface area contributed by atoms with Gasteiger partial charge in [0, 0.05) is 46.5 Å². The summed E-state index contributed by atoms with van der Waals surface area (Å²) in [7, 11) is -0.196. The van der Waals surface area contributed by atoms with E-state index in [1.165, 1.54) is 7.11 Å². The molecule has 0 radical (unpaired) electrons. The van der Waals surface area contributed by atoms with Gasteiger partial charge in [0.05, 0.1) is 19.1 Å². The molecule has 0 spiro atoms. The summed E-state index contributed by atoms with van der Waals surface area (Å²) in [4.78, 5) is 24.4. The van der Waals surface area contributed by atoms with Gasteiger partial charge in [-0.05, 0) is 40.5 Å². The fraction of sp³-hybridized carbons (Fsp3) is 0.875. The SMILES string of the molecule is [2H]CCCCC(=O)NCC(CNC(=O)CCCCC)OP(OCCC#N)N(C(C)C)C(C)C.[3H]OC. The highest BCUT2D eigenvalue weighted by Crippen LogP contribution is 2.47. The molecule has 10 heteroatoms. The molecule has 0 saturated carbocycles. The Hall–Kier alpha value is -1.30. The molecule has 0 bridgehead atoms. The van der Waals surface area contributed by atoms with E-state index in [0.717, 1.165) is 19.3 Å². The second kappa shape index (κ2) is 23.4. The summed E-state index contributed by atoms with van der Waals surface area (Å²) in [6.07, 6.45) is 4.91. The van der Waals surface area contributed by atoms with Crippen LogP contribution in [-0.2, 0) is 18.6 Å². The van der Waals surface area contributed by atoms with E-state index in [1.54, 1.807) is 0 Å². The van der Waals surface area contributed by atoms with Crippen molar-refractivity contribution in [2.75, 3.05) is 26.8 Å². The minimum absolute atomic E-state index is 0.0295. The smallest absolute Gasteiger partial charge is 0.259 e. The summed E-state index contributed by atoms with van der Waals surface area (Å²) in [5, 5.41) is 18.2. The Kier molecular flexibility index (Phi) is 21.2. The van der Waals surface area contributed by atoms with E-state index >= 15 is 0 Å². The highest BCUT2D eigenvalue weighted by molar-refractivity contribution is 7.44. The lowest BCUT2D eigenvalue weighted by Crippen LogP contribution is -2.43. The molecule has 0 aliphatic rings. The molecule has 0 aromatic carbocycles. The van der Waals surface area contributed by atoms with Gasteiger partial charge in [0.15, 0.2) is 0 Å². The molecule has 2 atom stereocenters. The molecule has 9 nitrogen and oxygen atoms in total. The number of unbranched alkanes of at least 4 members (excludes halogenated alkanes) is 3. The Morgan fingerprint density at radius 2 is 1.68 bits per heavy atom. The van der Waals surface area contributed by atoms with Gasteiger partial charge in [-0.3, -0.25) is 9.59 Å². The van der Waals surface area contributed by atoms with Gasteiger partial charge in [0.2, 0.25) is 13.2 Å². The van der Waals surface area contributed by atoms with Gasteiger partial charge in [0.25, 0.3) is 8.53 Å². The first-order valence-electron chi connectivity index (χ1n) is 13.4. The Bertz CT molecular complexity index is 563. The first-order chi connectivity index (χ1) is 17.2. The van der Waals surface area contributed by atoms with Gasteiger partial charge < -0.3 is 24.8 Å². The van der Waals surface area contributed by atoms with Crippen LogP contribution in [0.1, 0.15) is 94.3 Å². The van der Waals surface area contributed by atoms with Crippen molar-refractivity contribution in [2.24, 2.45) is 0 Å². The zero-order valence-corrected chi connectivity index (χ0v) is 23.0. The first-order valence-corrected chi connectivity index (χ1v) is 13.4. The number of carbonyl (C=O) groups excluding carboxylic acids is 2. The van der Waals surface area contributed by atoms with E-state index in [0.29, 0.717) is 32.6 Å². The molecule has 0 aromatic rings. The maximum Gasteiger partial charge on any atom is 0.259 e. The summed E-state index contributed by atoms with van der Waals surface area (Å²) in [5.41, 5.74) is 0. The second-order valence-electron chi connectivity index (χ2n) is 8.30. The minimum Gasteiger partial charge on any atom is -0.400 e. The van der Waals surface area contributed by atoms with Gasteiger partial charge in [0.1, 0.15) is 6.10 Å². The van der Waals surface area contributed by atoms with Crippen LogP contribution in [0.5, 0.6) is 0 Å². The molecular formula is C24H49N4O5P. The van der Waals surface area contributed by atoms with E-state index in [4.69, 9.17) is 17.1 Å². The van der Waals surface area contributed by atoms with Crippen LogP contribution < -0.4 is 10.6 Å². The Balaban J connectivity index is 0. The average Bonchev–Trinajstić information content (AvgIpc) is 2.81. The number of aliphatic hydroxyl groups excluding tert-OH is 1. The van der Waals surface area contributed by atoms with Crippen molar-refractivity contribution in [3.05, 3.63) is 0 Å². The third kappa shape index (κ3) is 18.1. The minimum atomic E-state index is -1.49. The van der Waals surface area contributed by atoms with Crippen LogP contribution in [0.4, 0.5) is 0 Å². The van der Waals surface area contributed by atoms with Crippen molar-refractivity contribution in [3.8, 4) is 6.07 Å². The predicted octanol–water partition coefficient (Wildman–Crippen LogP) is 4.26. The van der Waals surface area contributed by atoms with Crippen LogP contribution in [-0.4, -0.2) is 68.0 Å². The van der Waals surface area contributed by atoms with E-state index < -0.39 is 14.6 Å². The van der Waals surface area contributed by atoms with Crippen molar-refractivity contribution in [3.63, 3.8) is 0 Å². The number of carbonyl (C=O) groups is 2. The molecule has 0 aliphatic heterocycles. The van der Waals surface area contributed by atoms with Gasteiger partial charge in [-0.25, -0.2) is 4.67 Å². The molecule has 0 heterocycles. The quantitative estimate of drug-likeness (QED) is 0.176. The topological polar surface area (TPSA) is 124 Å². The molecule has 2 unspecified atom stereocenters. The summed E-state index contributed by atoms with van der Waals surface area (Å²) in [6, 6.07) is 2.40. The van der Waals surface area contributed by atoms with Crippen molar-refractivity contribution < 1.29 is 25.1 Å². The largest absolute Gasteiger partial charge is 0.400 e. The average molecular weight is 508 g/mol. The molecule has 200 valence electrons. The molecule has 2 amide bonds. The molecular weight excluding hydrogens is 455 g/mol. The lowest BCUT2D eigenvalue weighted by molar-refractivity contribution is -0.121. The van der Waals surface area contributed by atoms with Crippen LogP contribution in [0.2, 0.25) is 0 Å². The molecule has 0 aromatic heterocycles. The summed E-state index contributed by atoms with van der Waals surface area (Å²) in [5.74, 6) is -0.122. The van der Waals surface area contributed by atoms with Gasteiger partial charge in [-0.2, -0.15) is 5.26 Å². The molecule has 0 aliphatic carbocycles. The Morgan fingerprint density at radius 1 is 1.12 bits per heavy atom. The summed E-state index contributed by atoms with van der Waals surface area (Å²) >= 11 is 0. The maximum atomic E-state index is 12.2. The monoisotopic (exact) mass is 507 g/mol. The molecule has 0 fully saturated rings. The highest BCUT2D eigenvalue weighted by atomic mass is 31.2. The van der Waals surface area contributed by atoms with E-state index in [9.17, 15) is 9.59 Å². The van der Waals surface area contributed by atoms with E-state index in [-0.39, 0.29) is 50.0 Å². The first kappa shape index (κ1) is 30.7. The summed E-state index contributed by atoms with van der Waals surface area (Å²) in [6.45, 7) is 11.4. The third-order valence-electron chi connectivity index (χ3n) is 4.62. The fourth-order valence-corrected chi connectivity index (χ4v) is 4.73. The molecule has 34 heavy (non-hydrogen) atoms. The van der Waals surface area contributed by atoms with Crippen molar-refractivity contribution in [2.45, 2.75) is 111 Å². The zero-order valence-electron chi connectivity index (χ0n) is 24.1. The molecule has 0 rings (SSSR count). The molecule has 0 saturated heterocycles. The highest BCUT2D eigenvalue weighted by Gasteiger charge is 2.30. The number of amides is 2. The Morgan fingerprint density at radius 3 is 2.15 bits per heavy atom. The van der Waals surface area contributed by atoms with Crippen molar-refractivity contribution in [1.29, 1.82) is 6.69 Å². The van der Waals surface area contributed by atoms with Crippen LogP contribution in [0.3, 0.4) is 0 Å². The number of nitrogens with one attached hydrogen (secondary N) is 2. The summed E-state index contributed by atoms with van der Waals surface area (Å²) < 4.78 is 27.3. The van der Waals surface area contributed by atoms with Crippen LogP contribution in [0, 0.1) is 11.3 Å².